The number of nitrogens with one attached hydrogen (secondary N) is 1. The highest BCUT2D eigenvalue weighted by atomic mass is 19.4. The van der Waals surface area contributed by atoms with Gasteiger partial charge >= 0.3 is 12.4 Å². The van der Waals surface area contributed by atoms with Crippen LogP contribution in [-0.2, 0) is 21.9 Å². The fourth-order valence-corrected chi connectivity index (χ4v) is 5.62. The molecule has 1 heterocycles. The number of halogens is 7. The number of hydrogen-bond acceptors (Lipinski definition) is 3. The van der Waals surface area contributed by atoms with Crippen LogP contribution >= 0.6 is 0 Å². The summed E-state index contributed by atoms with van der Waals surface area (Å²) in [5.41, 5.74) is -3.34. The van der Waals surface area contributed by atoms with E-state index in [0.29, 0.717) is 30.3 Å². The molecule has 2 amide bonds. The molecule has 0 radical (unpaired) electrons. The van der Waals surface area contributed by atoms with Gasteiger partial charge in [0.2, 0.25) is 11.8 Å². The number of anilines is 2. The number of amides is 2. The van der Waals surface area contributed by atoms with E-state index in [9.17, 15) is 40.3 Å². The van der Waals surface area contributed by atoms with Crippen molar-refractivity contribution in [3.05, 3.63) is 58.7 Å². The maximum absolute atomic E-state index is 14.0. The number of hydrogen-bond donors (Lipinski definition) is 1. The summed E-state index contributed by atoms with van der Waals surface area (Å²) < 4.78 is 94.5. The summed E-state index contributed by atoms with van der Waals surface area (Å²) in [5.74, 6) is -2.03. The molecule has 1 aliphatic carbocycles. The first-order chi connectivity index (χ1) is 19.1. The van der Waals surface area contributed by atoms with Gasteiger partial charge in [0.1, 0.15) is 6.67 Å². The topological polar surface area (TPSA) is 52.6 Å². The van der Waals surface area contributed by atoms with Gasteiger partial charge in [-0.1, -0.05) is 25.1 Å². The minimum Gasteiger partial charge on any atom is -0.325 e. The first-order valence-corrected chi connectivity index (χ1v) is 13.3. The Morgan fingerprint density at radius 3 is 2.07 bits per heavy atom. The van der Waals surface area contributed by atoms with Crippen molar-refractivity contribution in [2.45, 2.75) is 46.0 Å². The monoisotopic (exact) mass is 587 g/mol. The first kappa shape index (κ1) is 30.8. The van der Waals surface area contributed by atoms with E-state index in [2.05, 4.69) is 5.32 Å². The second-order valence-electron chi connectivity index (χ2n) is 11.2. The van der Waals surface area contributed by atoms with E-state index in [1.165, 1.54) is 11.8 Å². The van der Waals surface area contributed by atoms with Crippen LogP contribution in [0.15, 0.2) is 36.4 Å². The standard InChI is InChI=1S/C29H32F7N3O2/c1-17-5-4-6-18(2)24(17)39-16-27(19(3)25(39)40,15-38(10-9-30)14-20-7-8-20)26(41)37-23-12-21(28(31,32)33)11-22(13-23)29(34,35)36/h4-6,11-13,19-20H,7-10,14-16H2,1-3H3,(H,37,41). The summed E-state index contributed by atoms with van der Waals surface area (Å²) in [6.45, 7) is 4.54. The van der Waals surface area contributed by atoms with Gasteiger partial charge < -0.3 is 10.2 Å². The molecule has 4 rings (SSSR count). The molecular weight excluding hydrogens is 555 g/mol. The van der Waals surface area contributed by atoms with Crippen molar-refractivity contribution in [2.75, 3.05) is 43.1 Å². The molecule has 0 spiro atoms. The van der Waals surface area contributed by atoms with E-state index < -0.39 is 59.0 Å². The van der Waals surface area contributed by atoms with E-state index in [1.54, 1.807) is 30.9 Å². The third kappa shape index (κ3) is 6.52. The smallest absolute Gasteiger partial charge is 0.325 e. The van der Waals surface area contributed by atoms with E-state index in [-0.39, 0.29) is 25.7 Å². The molecule has 2 aromatic carbocycles. The van der Waals surface area contributed by atoms with Crippen molar-refractivity contribution in [3.63, 3.8) is 0 Å². The number of benzene rings is 2. The van der Waals surface area contributed by atoms with Gasteiger partial charge in [0, 0.05) is 37.6 Å². The molecule has 41 heavy (non-hydrogen) atoms. The molecule has 224 valence electrons. The predicted octanol–water partition coefficient (Wildman–Crippen LogP) is 6.63. The number of carbonyl (C=O) groups excluding carboxylic acids is 2. The van der Waals surface area contributed by atoms with Gasteiger partial charge in [-0.3, -0.25) is 14.5 Å². The van der Waals surface area contributed by atoms with Crippen LogP contribution in [0.25, 0.3) is 0 Å². The van der Waals surface area contributed by atoms with Crippen LogP contribution in [0, 0.1) is 31.1 Å². The number of rotatable bonds is 9. The third-order valence-electron chi connectivity index (χ3n) is 8.03. The summed E-state index contributed by atoms with van der Waals surface area (Å²) in [6.07, 6.45) is -8.35. The molecule has 1 saturated heterocycles. The van der Waals surface area contributed by atoms with Gasteiger partial charge in [-0.15, -0.1) is 0 Å². The van der Waals surface area contributed by atoms with Crippen molar-refractivity contribution in [3.8, 4) is 0 Å². The SMILES string of the molecule is Cc1cccc(C)c1N1CC(CN(CCF)CC2CC2)(C(=O)Nc2cc(C(F)(F)F)cc(C(F)(F)F)c2)C(C)C1=O. The fraction of sp³-hybridized carbons (Fsp3) is 0.517. The lowest BCUT2D eigenvalue weighted by atomic mass is 9.77. The zero-order chi connectivity index (χ0) is 30.3. The zero-order valence-corrected chi connectivity index (χ0v) is 22.9. The van der Waals surface area contributed by atoms with Crippen molar-refractivity contribution in [2.24, 2.45) is 17.3 Å². The highest BCUT2D eigenvalue weighted by Crippen LogP contribution is 2.44. The molecular formula is C29H32F7N3O2. The highest BCUT2D eigenvalue weighted by Gasteiger charge is 2.56. The lowest BCUT2D eigenvalue weighted by molar-refractivity contribution is -0.143. The Balaban J connectivity index is 1.78. The van der Waals surface area contributed by atoms with Crippen LogP contribution in [0.2, 0.25) is 0 Å². The Labute approximate surface area is 233 Å². The van der Waals surface area contributed by atoms with Crippen molar-refractivity contribution >= 4 is 23.2 Å². The van der Waals surface area contributed by atoms with Crippen LogP contribution in [0.4, 0.5) is 42.1 Å². The van der Waals surface area contributed by atoms with Crippen molar-refractivity contribution in [1.82, 2.24) is 4.90 Å². The third-order valence-corrected chi connectivity index (χ3v) is 8.03. The summed E-state index contributed by atoms with van der Waals surface area (Å²) >= 11 is 0. The average Bonchev–Trinajstić information content (AvgIpc) is 3.65. The van der Waals surface area contributed by atoms with E-state index in [1.807, 2.05) is 6.07 Å². The molecule has 2 fully saturated rings. The molecule has 5 nitrogen and oxygen atoms in total. The van der Waals surface area contributed by atoms with Gasteiger partial charge in [0.05, 0.1) is 22.5 Å². The van der Waals surface area contributed by atoms with Gasteiger partial charge in [-0.25, -0.2) is 4.39 Å². The molecule has 2 atom stereocenters. The van der Waals surface area contributed by atoms with Crippen molar-refractivity contribution in [1.29, 1.82) is 0 Å². The van der Waals surface area contributed by atoms with Gasteiger partial charge in [0.25, 0.3) is 0 Å². The van der Waals surface area contributed by atoms with Gasteiger partial charge in [-0.2, -0.15) is 26.3 Å². The largest absolute Gasteiger partial charge is 0.416 e. The average molecular weight is 588 g/mol. The number of para-hydroxylation sites is 1. The summed E-state index contributed by atoms with van der Waals surface area (Å²) in [7, 11) is 0. The zero-order valence-electron chi connectivity index (χ0n) is 22.9. The second kappa shape index (κ2) is 11.3. The molecule has 2 unspecified atom stereocenters. The van der Waals surface area contributed by atoms with Gasteiger partial charge in [0.15, 0.2) is 0 Å². The lowest BCUT2D eigenvalue weighted by Crippen LogP contribution is -2.51. The maximum Gasteiger partial charge on any atom is 0.416 e. The number of carbonyl (C=O) groups is 2. The van der Waals surface area contributed by atoms with Crippen LogP contribution in [0.5, 0.6) is 0 Å². The Morgan fingerprint density at radius 2 is 1.59 bits per heavy atom. The van der Waals surface area contributed by atoms with Crippen LogP contribution in [-0.4, -0.2) is 49.6 Å². The normalized spacial score (nSPS) is 21.6. The molecule has 0 bridgehead atoms. The first-order valence-electron chi connectivity index (χ1n) is 13.3. The van der Waals surface area contributed by atoms with Crippen LogP contribution in [0.3, 0.4) is 0 Å². The highest BCUT2D eigenvalue weighted by molar-refractivity contribution is 6.08. The van der Waals surface area contributed by atoms with E-state index in [0.717, 1.165) is 24.0 Å². The number of nitrogens with zero attached hydrogens (tertiary/aromatic N) is 2. The Kier molecular flexibility index (Phi) is 8.46. The minimum absolute atomic E-state index is 0.0194. The molecule has 2 aliphatic rings. The molecule has 2 aromatic rings. The van der Waals surface area contributed by atoms with E-state index in [4.69, 9.17) is 0 Å². The van der Waals surface area contributed by atoms with Gasteiger partial charge in [-0.05, 0) is 61.9 Å². The maximum atomic E-state index is 14.0. The Morgan fingerprint density at radius 1 is 1.02 bits per heavy atom. The number of aryl methyl sites for hydroxylation is 2. The molecule has 1 aliphatic heterocycles. The minimum atomic E-state index is -5.10. The Bertz CT molecular complexity index is 1250. The van der Waals surface area contributed by atoms with Crippen molar-refractivity contribution < 1.29 is 40.3 Å². The van der Waals surface area contributed by atoms with E-state index >= 15 is 0 Å². The van der Waals surface area contributed by atoms with Crippen LogP contribution in [0.1, 0.15) is 42.0 Å². The lowest BCUT2D eigenvalue weighted by Gasteiger charge is -2.36. The molecule has 12 heteroatoms. The quantitative estimate of drug-likeness (QED) is 0.335. The summed E-state index contributed by atoms with van der Waals surface area (Å²) in [4.78, 5) is 30.9. The summed E-state index contributed by atoms with van der Waals surface area (Å²) in [6, 6.07) is 6.26. The molecule has 0 aromatic heterocycles. The Hall–Kier alpha value is -3.15. The molecule has 1 N–H and O–H groups in total. The fourth-order valence-electron chi connectivity index (χ4n) is 5.62. The second-order valence-corrected chi connectivity index (χ2v) is 11.2. The predicted molar refractivity (Wildman–Crippen MR) is 140 cm³/mol. The van der Waals surface area contributed by atoms with Crippen LogP contribution < -0.4 is 10.2 Å². The number of alkyl halides is 7. The molecule has 1 saturated carbocycles. The summed E-state index contributed by atoms with van der Waals surface area (Å²) in [5, 5.41) is 2.28.